The molecule has 5 nitrogen and oxygen atoms in total. The summed E-state index contributed by atoms with van der Waals surface area (Å²) in [6, 6.07) is 23.4. The average molecular weight is 444 g/mol. The van der Waals surface area contributed by atoms with Crippen LogP contribution in [0.4, 0.5) is 5.13 Å². The topological polar surface area (TPSA) is 45.7 Å². The second kappa shape index (κ2) is 9.01. The van der Waals surface area contributed by atoms with Crippen LogP contribution in [0.25, 0.3) is 10.2 Å². The molecular weight excluding hydrogens is 418 g/mol. The first-order valence-electron chi connectivity index (χ1n) is 11.0. The van der Waals surface area contributed by atoms with Gasteiger partial charge in [-0.15, -0.1) is 0 Å². The number of rotatable bonds is 5. The summed E-state index contributed by atoms with van der Waals surface area (Å²) in [5, 5.41) is 1.05. The number of benzene rings is 3. The molecule has 5 rings (SSSR count). The Bertz CT molecular complexity index is 1210. The lowest BCUT2D eigenvalue weighted by molar-refractivity contribution is 0.0747. The lowest BCUT2D eigenvalue weighted by Crippen LogP contribution is -2.48. The van der Waals surface area contributed by atoms with E-state index in [0.717, 1.165) is 41.7 Å². The third kappa shape index (κ3) is 4.18. The quantitative estimate of drug-likeness (QED) is 0.402. The number of aryl methyl sites for hydroxylation is 1. The molecule has 0 atom stereocenters. The van der Waals surface area contributed by atoms with Gasteiger partial charge in [-0.3, -0.25) is 4.79 Å². The minimum atomic E-state index is 0.0634. The van der Waals surface area contributed by atoms with Crippen molar-refractivity contribution in [3.63, 3.8) is 0 Å². The summed E-state index contributed by atoms with van der Waals surface area (Å²) in [6.07, 6.45) is 0.984. The zero-order chi connectivity index (χ0) is 21.9. The number of hydrogen-bond acceptors (Lipinski definition) is 5. The van der Waals surface area contributed by atoms with Crippen molar-refractivity contribution < 1.29 is 9.53 Å². The number of para-hydroxylation sites is 2. The van der Waals surface area contributed by atoms with Gasteiger partial charge in [-0.25, -0.2) is 4.98 Å². The van der Waals surface area contributed by atoms with Gasteiger partial charge in [0.25, 0.3) is 5.91 Å². The highest BCUT2D eigenvalue weighted by Gasteiger charge is 2.24. The van der Waals surface area contributed by atoms with Crippen molar-refractivity contribution in [3.05, 3.63) is 83.9 Å². The molecule has 162 valence electrons. The molecule has 2 heterocycles. The van der Waals surface area contributed by atoms with Crippen LogP contribution in [0.15, 0.2) is 72.8 Å². The summed E-state index contributed by atoms with van der Waals surface area (Å²) in [7, 11) is 0. The summed E-state index contributed by atoms with van der Waals surface area (Å²) in [5.41, 5.74) is 3.09. The number of anilines is 1. The molecule has 0 radical (unpaired) electrons. The highest BCUT2D eigenvalue weighted by Crippen LogP contribution is 2.31. The standard InChI is InChI=1S/C26H25N3O2S/c1-2-19-7-6-10-23-24(19)27-26(32-23)29-17-15-28(16-18-29)25(30)20-11-13-22(14-12-20)31-21-8-4-3-5-9-21/h3-14H,2,15-18H2,1H3. The van der Waals surface area contributed by atoms with Gasteiger partial charge in [0.15, 0.2) is 5.13 Å². The summed E-state index contributed by atoms with van der Waals surface area (Å²) < 4.78 is 7.06. The number of hydrogen-bond donors (Lipinski definition) is 0. The Morgan fingerprint density at radius 3 is 2.34 bits per heavy atom. The van der Waals surface area contributed by atoms with E-state index in [4.69, 9.17) is 9.72 Å². The van der Waals surface area contributed by atoms with E-state index in [-0.39, 0.29) is 5.91 Å². The molecule has 0 spiro atoms. The van der Waals surface area contributed by atoms with Crippen molar-refractivity contribution in [1.82, 2.24) is 9.88 Å². The van der Waals surface area contributed by atoms with Crippen LogP contribution in [0.3, 0.4) is 0 Å². The number of fused-ring (bicyclic) bond motifs is 1. The molecule has 0 aliphatic carbocycles. The Morgan fingerprint density at radius 2 is 1.62 bits per heavy atom. The molecule has 1 fully saturated rings. The number of carbonyl (C=O) groups excluding carboxylic acids is 1. The number of piperazine rings is 1. The number of thiazole rings is 1. The lowest BCUT2D eigenvalue weighted by Gasteiger charge is -2.34. The van der Waals surface area contributed by atoms with Crippen LogP contribution < -0.4 is 9.64 Å². The van der Waals surface area contributed by atoms with E-state index in [9.17, 15) is 4.79 Å². The number of amides is 1. The van der Waals surface area contributed by atoms with Crippen molar-refractivity contribution in [2.45, 2.75) is 13.3 Å². The molecule has 1 saturated heterocycles. The first-order chi connectivity index (χ1) is 15.7. The SMILES string of the molecule is CCc1cccc2sc(N3CCN(C(=O)c4ccc(Oc5ccccc5)cc4)CC3)nc12. The number of nitrogens with zero attached hydrogens (tertiary/aromatic N) is 3. The van der Waals surface area contributed by atoms with Crippen LogP contribution >= 0.6 is 11.3 Å². The molecule has 0 saturated carbocycles. The largest absolute Gasteiger partial charge is 0.457 e. The Balaban J connectivity index is 1.22. The fourth-order valence-electron chi connectivity index (χ4n) is 3.99. The number of carbonyl (C=O) groups is 1. The number of ether oxygens (including phenoxy) is 1. The average Bonchev–Trinajstić information content (AvgIpc) is 3.29. The van der Waals surface area contributed by atoms with Gasteiger partial charge in [0.05, 0.1) is 10.2 Å². The molecule has 1 amide bonds. The molecule has 0 bridgehead atoms. The third-order valence-corrected chi connectivity index (χ3v) is 6.87. The zero-order valence-electron chi connectivity index (χ0n) is 18.0. The Hall–Kier alpha value is -3.38. The number of aromatic nitrogens is 1. The van der Waals surface area contributed by atoms with E-state index in [1.807, 2.05) is 59.5 Å². The highest BCUT2D eigenvalue weighted by molar-refractivity contribution is 7.22. The van der Waals surface area contributed by atoms with E-state index in [1.165, 1.54) is 10.3 Å². The molecule has 32 heavy (non-hydrogen) atoms. The van der Waals surface area contributed by atoms with E-state index >= 15 is 0 Å². The maximum atomic E-state index is 13.0. The molecule has 1 aliphatic rings. The van der Waals surface area contributed by atoms with Gasteiger partial charge in [0, 0.05) is 31.7 Å². The van der Waals surface area contributed by atoms with Crippen molar-refractivity contribution >= 4 is 32.6 Å². The Labute approximate surface area is 191 Å². The highest BCUT2D eigenvalue weighted by atomic mass is 32.1. The maximum absolute atomic E-state index is 13.0. The van der Waals surface area contributed by atoms with Gasteiger partial charge >= 0.3 is 0 Å². The molecule has 6 heteroatoms. The van der Waals surface area contributed by atoms with Gasteiger partial charge < -0.3 is 14.5 Å². The van der Waals surface area contributed by atoms with Gasteiger partial charge in [-0.05, 0) is 54.4 Å². The predicted molar refractivity (Wildman–Crippen MR) is 130 cm³/mol. The zero-order valence-corrected chi connectivity index (χ0v) is 18.8. The van der Waals surface area contributed by atoms with Crippen LogP contribution in [0.1, 0.15) is 22.8 Å². The van der Waals surface area contributed by atoms with E-state index < -0.39 is 0 Å². The summed E-state index contributed by atoms with van der Waals surface area (Å²) in [4.78, 5) is 22.1. The van der Waals surface area contributed by atoms with Crippen molar-refractivity contribution in [1.29, 1.82) is 0 Å². The third-order valence-electron chi connectivity index (χ3n) is 5.79. The van der Waals surface area contributed by atoms with Crippen LogP contribution in [-0.4, -0.2) is 42.0 Å². The van der Waals surface area contributed by atoms with Gasteiger partial charge in [0.1, 0.15) is 11.5 Å². The van der Waals surface area contributed by atoms with Gasteiger partial charge in [-0.1, -0.05) is 48.6 Å². The van der Waals surface area contributed by atoms with Crippen LogP contribution in [0.5, 0.6) is 11.5 Å². The van der Waals surface area contributed by atoms with Crippen LogP contribution in [0, 0.1) is 0 Å². The van der Waals surface area contributed by atoms with Gasteiger partial charge in [0.2, 0.25) is 0 Å². The Kier molecular flexibility index (Phi) is 5.77. The van der Waals surface area contributed by atoms with Crippen molar-refractivity contribution in [3.8, 4) is 11.5 Å². The normalized spacial score (nSPS) is 14.0. The monoisotopic (exact) mass is 443 g/mol. The lowest BCUT2D eigenvalue weighted by atomic mass is 10.1. The van der Waals surface area contributed by atoms with Crippen LogP contribution in [0.2, 0.25) is 0 Å². The molecule has 1 aromatic heterocycles. The van der Waals surface area contributed by atoms with E-state index in [0.29, 0.717) is 18.7 Å². The molecule has 1 aliphatic heterocycles. The smallest absolute Gasteiger partial charge is 0.253 e. The molecule has 0 N–H and O–H groups in total. The minimum Gasteiger partial charge on any atom is -0.457 e. The van der Waals surface area contributed by atoms with Gasteiger partial charge in [-0.2, -0.15) is 0 Å². The second-order valence-electron chi connectivity index (χ2n) is 7.83. The summed E-state index contributed by atoms with van der Waals surface area (Å²) in [5.74, 6) is 1.57. The molecule has 0 unspecified atom stereocenters. The second-order valence-corrected chi connectivity index (χ2v) is 8.84. The van der Waals surface area contributed by atoms with E-state index in [2.05, 4.69) is 30.0 Å². The summed E-state index contributed by atoms with van der Waals surface area (Å²) in [6.45, 7) is 5.14. The molecule has 3 aromatic carbocycles. The first-order valence-corrected chi connectivity index (χ1v) is 11.8. The first kappa shape index (κ1) is 20.5. The molecular formula is C26H25N3O2S. The minimum absolute atomic E-state index is 0.0634. The Morgan fingerprint density at radius 1 is 0.906 bits per heavy atom. The maximum Gasteiger partial charge on any atom is 0.253 e. The fourth-order valence-corrected chi connectivity index (χ4v) is 5.05. The van der Waals surface area contributed by atoms with Crippen LogP contribution in [-0.2, 0) is 6.42 Å². The summed E-state index contributed by atoms with van der Waals surface area (Å²) >= 11 is 1.74. The van der Waals surface area contributed by atoms with Crippen molar-refractivity contribution in [2.75, 3.05) is 31.1 Å². The fraction of sp³-hybridized carbons (Fsp3) is 0.231. The van der Waals surface area contributed by atoms with Crippen molar-refractivity contribution in [2.24, 2.45) is 0 Å². The molecule has 4 aromatic rings. The predicted octanol–water partition coefficient (Wildman–Crippen LogP) is 5.61. The van der Waals surface area contributed by atoms with E-state index in [1.54, 1.807) is 11.3 Å².